The van der Waals surface area contributed by atoms with E-state index in [2.05, 4.69) is 252 Å². The van der Waals surface area contributed by atoms with Crippen molar-refractivity contribution < 1.29 is 9.15 Å². The van der Waals surface area contributed by atoms with Crippen molar-refractivity contribution >= 4 is 56.1 Å². The van der Waals surface area contributed by atoms with Crippen LogP contribution in [0, 0.1) is 0 Å². The van der Waals surface area contributed by atoms with Crippen molar-refractivity contribution in [2.75, 3.05) is 9.80 Å². The van der Waals surface area contributed by atoms with Crippen LogP contribution in [0.4, 0.5) is 34.1 Å². The summed E-state index contributed by atoms with van der Waals surface area (Å²) in [6.45, 7) is 0. The molecule has 2 heterocycles. The van der Waals surface area contributed by atoms with Crippen LogP contribution in [0.25, 0.3) is 44.2 Å². The fourth-order valence-electron chi connectivity index (χ4n) is 10.5. The van der Waals surface area contributed by atoms with E-state index < -0.39 is 5.41 Å². The average molecular weight is 833 g/mol. The Hall–Kier alpha value is -8.60. The lowest BCUT2D eigenvalue weighted by Gasteiger charge is -2.41. The Morgan fingerprint density at radius 1 is 0.323 bits per heavy atom. The first-order valence-corrected chi connectivity index (χ1v) is 22.2. The van der Waals surface area contributed by atoms with Crippen LogP contribution < -0.4 is 14.5 Å². The van der Waals surface area contributed by atoms with E-state index in [1.54, 1.807) is 0 Å². The van der Waals surface area contributed by atoms with E-state index in [0.29, 0.717) is 0 Å². The molecule has 1 aliphatic heterocycles. The highest BCUT2D eigenvalue weighted by Gasteiger charge is 2.52. The van der Waals surface area contributed by atoms with Crippen LogP contribution in [0.15, 0.2) is 247 Å². The van der Waals surface area contributed by atoms with Gasteiger partial charge in [-0.25, -0.2) is 0 Å². The Morgan fingerprint density at radius 2 is 0.785 bits per heavy atom. The molecule has 0 radical (unpaired) electrons. The molecule has 65 heavy (non-hydrogen) atoms. The monoisotopic (exact) mass is 832 g/mol. The highest BCUT2D eigenvalue weighted by molar-refractivity contribution is 6.08. The maximum Gasteiger partial charge on any atom is 0.156 e. The van der Waals surface area contributed by atoms with Crippen molar-refractivity contribution in [2.45, 2.75) is 5.41 Å². The second-order valence-corrected chi connectivity index (χ2v) is 16.8. The van der Waals surface area contributed by atoms with Gasteiger partial charge in [-0.2, -0.15) is 0 Å². The summed E-state index contributed by atoms with van der Waals surface area (Å²) in [4.78, 5) is 4.66. The number of furan rings is 1. The van der Waals surface area contributed by atoms with Crippen LogP contribution in [-0.4, -0.2) is 0 Å². The third-order valence-corrected chi connectivity index (χ3v) is 13.3. The van der Waals surface area contributed by atoms with Crippen LogP contribution in [0.3, 0.4) is 0 Å². The topological polar surface area (TPSA) is 28.9 Å². The smallest absolute Gasteiger partial charge is 0.156 e. The summed E-state index contributed by atoms with van der Waals surface area (Å²) in [5.74, 6) is 1.66. The zero-order valence-corrected chi connectivity index (χ0v) is 35.3. The Bertz CT molecular complexity index is 3500. The molecule has 10 aromatic carbocycles. The molecule has 1 spiro atoms. The lowest BCUT2D eigenvalue weighted by molar-refractivity contribution is 0.437. The first-order valence-electron chi connectivity index (χ1n) is 22.2. The van der Waals surface area contributed by atoms with Crippen molar-refractivity contribution in [1.29, 1.82) is 0 Å². The second-order valence-electron chi connectivity index (χ2n) is 16.8. The predicted octanol–water partition coefficient (Wildman–Crippen LogP) is 16.7. The molecule has 4 heteroatoms. The number of benzene rings is 10. The Labute approximate surface area is 377 Å². The molecular formula is C61H40N2O2. The highest BCUT2D eigenvalue weighted by atomic mass is 16.5. The molecule has 0 bridgehead atoms. The summed E-state index contributed by atoms with van der Waals surface area (Å²) in [5, 5.41) is 2.06. The van der Waals surface area contributed by atoms with E-state index in [1.807, 2.05) is 0 Å². The van der Waals surface area contributed by atoms with E-state index >= 15 is 0 Å². The molecule has 4 nitrogen and oxygen atoms in total. The third-order valence-electron chi connectivity index (χ3n) is 13.3. The minimum Gasteiger partial charge on any atom is -0.456 e. The van der Waals surface area contributed by atoms with Gasteiger partial charge in [0.2, 0.25) is 0 Å². The van der Waals surface area contributed by atoms with Crippen molar-refractivity contribution in [2.24, 2.45) is 0 Å². The molecule has 0 N–H and O–H groups in total. The molecule has 1 aliphatic carbocycles. The molecule has 0 saturated heterocycles. The largest absolute Gasteiger partial charge is 0.456 e. The first-order chi connectivity index (χ1) is 32.2. The van der Waals surface area contributed by atoms with Gasteiger partial charge >= 0.3 is 0 Å². The number of ether oxygens (including phenoxy) is 1. The van der Waals surface area contributed by atoms with Gasteiger partial charge in [0, 0.05) is 50.3 Å². The van der Waals surface area contributed by atoms with Crippen LogP contribution >= 0.6 is 0 Å². The van der Waals surface area contributed by atoms with Gasteiger partial charge in [-0.1, -0.05) is 152 Å². The van der Waals surface area contributed by atoms with E-state index in [9.17, 15) is 0 Å². The fourth-order valence-corrected chi connectivity index (χ4v) is 10.5. The Kier molecular flexibility index (Phi) is 8.40. The van der Waals surface area contributed by atoms with E-state index in [0.717, 1.165) is 89.8 Å². The standard InChI is InChI=1S/C61H40N2O2/c1-5-19-41(20-6-1)42-37-55-60(65-59-32-18-17-31-54(59)61(55)52-29-15-13-27-48(52)49-28-14-16-30-53(49)61)56(38-42)63(45-25-11-4-12-26-45)47-34-36-58-51(40-47)50-39-46(33-35-57(50)64-58)62(43-21-7-2-8-22-43)44-23-9-3-10-24-44/h1-40H. The SMILES string of the molecule is c1ccc(-c2cc(N(c3ccccc3)c3ccc4oc5ccc(N(c6ccccc6)c6ccccc6)cc5c4c3)c3c(c2)C2(c4ccccc4O3)c3ccccc3-c3ccccc32)cc1. The molecule has 0 atom stereocenters. The zero-order valence-electron chi connectivity index (χ0n) is 35.3. The van der Waals surface area contributed by atoms with E-state index in [-0.39, 0.29) is 0 Å². The molecule has 0 saturated carbocycles. The van der Waals surface area contributed by atoms with Crippen molar-refractivity contribution in [1.82, 2.24) is 0 Å². The number of fused-ring (bicyclic) bond motifs is 12. The Morgan fingerprint density at radius 3 is 1.35 bits per heavy atom. The number of nitrogens with zero attached hydrogens (tertiary/aromatic N) is 2. The molecule has 0 amide bonds. The van der Waals surface area contributed by atoms with Crippen molar-refractivity contribution in [3.8, 4) is 33.8 Å². The molecular weight excluding hydrogens is 793 g/mol. The molecule has 11 aromatic rings. The van der Waals surface area contributed by atoms with Crippen LogP contribution in [0.2, 0.25) is 0 Å². The maximum atomic E-state index is 7.34. The normalized spacial score (nSPS) is 12.9. The quantitative estimate of drug-likeness (QED) is 0.160. The van der Waals surface area contributed by atoms with Gasteiger partial charge in [0.1, 0.15) is 16.9 Å². The van der Waals surface area contributed by atoms with E-state index in [4.69, 9.17) is 9.15 Å². The summed E-state index contributed by atoms with van der Waals surface area (Å²) in [6, 6.07) is 86.6. The number of rotatable bonds is 7. The fraction of sp³-hybridized carbons (Fsp3) is 0.0164. The predicted molar refractivity (Wildman–Crippen MR) is 266 cm³/mol. The molecule has 306 valence electrons. The van der Waals surface area contributed by atoms with Gasteiger partial charge in [-0.3, -0.25) is 0 Å². The van der Waals surface area contributed by atoms with Gasteiger partial charge in [-0.15, -0.1) is 0 Å². The number of anilines is 6. The summed E-state index contributed by atoms with van der Waals surface area (Å²) < 4.78 is 14.0. The molecule has 1 aromatic heterocycles. The summed E-state index contributed by atoms with van der Waals surface area (Å²) in [5.41, 5.74) is 16.6. The minimum absolute atomic E-state index is 0.649. The van der Waals surface area contributed by atoms with Gasteiger partial charge in [-0.05, 0) is 124 Å². The minimum atomic E-state index is -0.649. The van der Waals surface area contributed by atoms with Crippen molar-refractivity contribution in [3.05, 3.63) is 265 Å². The van der Waals surface area contributed by atoms with Gasteiger partial charge in [0.25, 0.3) is 0 Å². The Balaban J connectivity index is 1.08. The molecule has 13 rings (SSSR count). The van der Waals surface area contributed by atoms with E-state index in [1.165, 1.54) is 22.3 Å². The lowest BCUT2D eigenvalue weighted by atomic mass is 9.65. The van der Waals surface area contributed by atoms with Crippen LogP contribution in [-0.2, 0) is 5.41 Å². The zero-order chi connectivity index (χ0) is 42.9. The summed E-state index contributed by atoms with van der Waals surface area (Å²) >= 11 is 0. The molecule has 0 fully saturated rings. The summed E-state index contributed by atoms with van der Waals surface area (Å²) in [7, 11) is 0. The van der Waals surface area contributed by atoms with Gasteiger partial charge in [0.15, 0.2) is 5.75 Å². The number of para-hydroxylation sites is 4. The third kappa shape index (κ3) is 5.71. The lowest BCUT2D eigenvalue weighted by Crippen LogP contribution is -2.33. The van der Waals surface area contributed by atoms with Gasteiger partial charge in [0.05, 0.1) is 11.1 Å². The highest BCUT2D eigenvalue weighted by Crippen LogP contribution is 2.64. The summed E-state index contributed by atoms with van der Waals surface area (Å²) in [6.07, 6.45) is 0. The van der Waals surface area contributed by atoms with Crippen LogP contribution in [0.1, 0.15) is 22.3 Å². The first kappa shape index (κ1) is 37.0. The van der Waals surface area contributed by atoms with Crippen LogP contribution in [0.5, 0.6) is 11.5 Å². The molecule has 2 aliphatic rings. The number of hydrogen-bond acceptors (Lipinski definition) is 4. The molecule has 0 unspecified atom stereocenters. The number of hydrogen-bond donors (Lipinski definition) is 0. The van der Waals surface area contributed by atoms with Gasteiger partial charge < -0.3 is 19.0 Å². The second kappa shape index (κ2) is 14.8. The average Bonchev–Trinajstić information content (AvgIpc) is 3.89. The van der Waals surface area contributed by atoms with Crippen molar-refractivity contribution in [3.63, 3.8) is 0 Å². The maximum absolute atomic E-state index is 7.34.